The van der Waals surface area contributed by atoms with E-state index in [2.05, 4.69) is 5.10 Å². The first-order chi connectivity index (χ1) is 7.02. The van der Waals surface area contributed by atoms with Crippen molar-refractivity contribution in [3.05, 3.63) is 27.6 Å². The van der Waals surface area contributed by atoms with Gasteiger partial charge in [-0.3, -0.25) is 4.68 Å². The van der Waals surface area contributed by atoms with Gasteiger partial charge in [-0.15, -0.1) is 0 Å². The highest BCUT2D eigenvalue weighted by molar-refractivity contribution is 6.40. The van der Waals surface area contributed by atoms with E-state index >= 15 is 0 Å². The number of hydrogen-bond donors (Lipinski definition) is 0. The van der Waals surface area contributed by atoms with Crippen LogP contribution >= 0.6 is 34.8 Å². The van der Waals surface area contributed by atoms with Crippen molar-refractivity contribution in [1.29, 1.82) is 0 Å². The van der Waals surface area contributed by atoms with Crippen LogP contribution in [0.1, 0.15) is 0 Å². The third-order valence-corrected chi connectivity index (χ3v) is 3.21. The molecule has 6 heteroatoms. The number of halogens is 3. The summed E-state index contributed by atoms with van der Waals surface area (Å²) in [6, 6.07) is 0. The molecule has 0 atom stereocenters. The lowest BCUT2D eigenvalue weighted by molar-refractivity contribution is 0.775. The third-order valence-electron chi connectivity index (χ3n) is 2.19. The molecule has 15 heavy (non-hydrogen) atoms. The van der Waals surface area contributed by atoms with Crippen LogP contribution in [0, 0.1) is 0 Å². The van der Waals surface area contributed by atoms with Crippen molar-refractivity contribution >= 4 is 34.8 Å². The Morgan fingerprint density at radius 2 is 1.80 bits per heavy atom. The standard InChI is InChI=1S/C9H8Cl3N3/c1-14-4-6(11)7(9(14)12)8-5(10)3-13-15(8)2/h3-4H,1-2H3. The summed E-state index contributed by atoms with van der Waals surface area (Å²) in [6.07, 6.45) is 3.30. The fraction of sp³-hybridized carbons (Fsp3) is 0.222. The number of nitrogens with zero attached hydrogens (tertiary/aromatic N) is 3. The number of aromatic nitrogens is 3. The van der Waals surface area contributed by atoms with E-state index in [0.29, 0.717) is 20.8 Å². The molecule has 2 aromatic rings. The molecule has 0 N–H and O–H groups in total. The van der Waals surface area contributed by atoms with Gasteiger partial charge < -0.3 is 4.57 Å². The third kappa shape index (κ3) is 1.65. The molecule has 0 aliphatic heterocycles. The highest BCUT2D eigenvalue weighted by atomic mass is 35.5. The molecule has 0 amide bonds. The molecule has 2 heterocycles. The zero-order valence-electron chi connectivity index (χ0n) is 8.13. The van der Waals surface area contributed by atoms with E-state index in [1.807, 2.05) is 7.05 Å². The first kappa shape index (κ1) is 10.9. The van der Waals surface area contributed by atoms with Gasteiger partial charge in [-0.05, 0) is 0 Å². The Kier molecular flexibility index (Phi) is 2.71. The van der Waals surface area contributed by atoms with Crippen molar-refractivity contribution in [2.75, 3.05) is 0 Å². The average molecular weight is 265 g/mol. The molecule has 0 aromatic carbocycles. The molecule has 0 aliphatic rings. The maximum absolute atomic E-state index is 6.13. The summed E-state index contributed by atoms with van der Waals surface area (Å²) in [7, 11) is 3.61. The molecule has 2 aromatic heterocycles. The molecule has 0 bridgehead atoms. The summed E-state index contributed by atoms with van der Waals surface area (Å²) in [4.78, 5) is 0. The Morgan fingerprint density at radius 1 is 1.13 bits per heavy atom. The lowest BCUT2D eigenvalue weighted by atomic mass is 10.2. The number of rotatable bonds is 1. The van der Waals surface area contributed by atoms with E-state index in [-0.39, 0.29) is 0 Å². The Bertz CT molecular complexity index is 493. The summed E-state index contributed by atoms with van der Waals surface area (Å²) >= 11 is 18.2. The van der Waals surface area contributed by atoms with Gasteiger partial charge in [0.15, 0.2) is 0 Å². The molecule has 3 nitrogen and oxygen atoms in total. The second-order valence-electron chi connectivity index (χ2n) is 3.22. The maximum atomic E-state index is 6.13. The zero-order valence-corrected chi connectivity index (χ0v) is 10.4. The molecule has 0 spiro atoms. The monoisotopic (exact) mass is 263 g/mol. The summed E-state index contributed by atoms with van der Waals surface area (Å²) in [5.41, 5.74) is 1.44. The first-order valence-electron chi connectivity index (χ1n) is 4.20. The van der Waals surface area contributed by atoms with Crippen molar-refractivity contribution < 1.29 is 0 Å². The average Bonchev–Trinajstić information content (AvgIpc) is 2.59. The minimum Gasteiger partial charge on any atom is -0.340 e. The molecule has 0 aliphatic carbocycles. The first-order valence-corrected chi connectivity index (χ1v) is 5.34. The van der Waals surface area contributed by atoms with E-state index in [9.17, 15) is 0 Å². The van der Waals surface area contributed by atoms with Gasteiger partial charge in [0.1, 0.15) is 5.15 Å². The second-order valence-corrected chi connectivity index (χ2v) is 4.39. The van der Waals surface area contributed by atoms with E-state index in [1.165, 1.54) is 0 Å². The van der Waals surface area contributed by atoms with Crippen LogP contribution < -0.4 is 0 Å². The Morgan fingerprint density at radius 3 is 2.20 bits per heavy atom. The lowest BCUT2D eigenvalue weighted by Crippen LogP contribution is -1.94. The topological polar surface area (TPSA) is 22.8 Å². The van der Waals surface area contributed by atoms with E-state index < -0.39 is 0 Å². The van der Waals surface area contributed by atoms with Gasteiger partial charge in [0.05, 0.1) is 27.5 Å². The zero-order chi connectivity index (χ0) is 11.2. The highest BCUT2D eigenvalue weighted by Gasteiger charge is 2.19. The summed E-state index contributed by atoms with van der Waals surface area (Å²) in [5.74, 6) is 0. The van der Waals surface area contributed by atoms with E-state index in [4.69, 9.17) is 34.8 Å². The summed E-state index contributed by atoms with van der Waals surface area (Å²) in [5, 5.41) is 5.69. The fourth-order valence-corrected chi connectivity index (χ4v) is 2.34. The highest BCUT2D eigenvalue weighted by Crippen LogP contribution is 2.38. The van der Waals surface area contributed by atoms with Gasteiger partial charge >= 0.3 is 0 Å². The quantitative estimate of drug-likeness (QED) is 0.774. The molecule has 80 valence electrons. The maximum Gasteiger partial charge on any atom is 0.119 e. The van der Waals surface area contributed by atoms with Crippen LogP contribution in [0.2, 0.25) is 15.2 Å². The van der Waals surface area contributed by atoms with Gasteiger partial charge in [-0.2, -0.15) is 5.10 Å². The van der Waals surface area contributed by atoms with Gasteiger partial charge in [-0.25, -0.2) is 0 Å². The smallest absolute Gasteiger partial charge is 0.119 e. The van der Waals surface area contributed by atoms with E-state index in [1.54, 1.807) is 28.7 Å². The van der Waals surface area contributed by atoms with Crippen molar-refractivity contribution in [2.24, 2.45) is 14.1 Å². The molecule has 0 saturated carbocycles. The number of hydrogen-bond acceptors (Lipinski definition) is 1. The van der Waals surface area contributed by atoms with Gasteiger partial charge in [0.2, 0.25) is 0 Å². The van der Waals surface area contributed by atoms with Crippen LogP contribution in [-0.2, 0) is 14.1 Å². The predicted molar refractivity (Wildman–Crippen MR) is 62.6 cm³/mol. The van der Waals surface area contributed by atoms with Gasteiger partial charge in [0, 0.05) is 20.3 Å². The van der Waals surface area contributed by atoms with Gasteiger partial charge in [0.25, 0.3) is 0 Å². The molecule has 0 saturated heterocycles. The predicted octanol–water partition coefficient (Wildman–Crippen LogP) is 3.39. The SMILES string of the molecule is Cn1cc(Cl)c(-c2c(Cl)cnn2C)c1Cl. The van der Waals surface area contributed by atoms with Gasteiger partial charge in [-0.1, -0.05) is 34.8 Å². The van der Waals surface area contributed by atoms with Crippen molar-refractivity contribution in [3.8, 4) is 11.3 Å². The molecular formula is C9H8Cl3N3. The lowest BCUT2D eigenvalue weighted by Gasteiger charge is -2.02. The molecule has 0 unspecified atom stereocenters. The van der Waals surface area contributed by atoms with Crippen molar-refractivity contribution in [3.63, 3.8) is 0 Å². The normalized spacial score (nSPS) is 11.0. The van der Waals surface area contributed by atoms with E-state index in [0.717, 1.165) is 5.69 Å². The Balaban J connectivity index is 2.74. The van der Waals surface area contributed by atoms with Crippen LogP contribution in [0.15, 0.2) is 12.4 Å². The Hall–Kier alpha value is -0.640. The summed E-state index contributed by atoms with van der Waals surface area (Å²) < 4.78 is 3.39. The largest absolute Gasteiger partial charge is 0.340 e. The second kappa shape index (κ2) is 3.74. The van der Waals surface area contributed by atoms with Crippen LogP contribution in [0.25, 0.3) is 11.3 Å². The molecule has 0 radical (unpaired) electrons. The number of aryl methyl sites for hydroxylation is 2. The van der Waals surface area contributed by atoms with Crippen LogP contribution in [0.4, 0.5) is 0 Å². The van der Waals surface area contributed by atoms with Crippen LogP contribution in [0.3, 0.4) is 0 Å². The summed E-state index contributed by atoms with van der Waals surface area (Å²) in [6.45, 7) is 0. The molecular weight excluding hydrogens is 256 g/mol. The van der Waals surface area contributed by atoms with Crippen LogP contribution in [0.5, 0.6) is 0 Å². The minimum atomic E-state index is 0.535. The van der Waals surface area contributed by atoms with Crippen molar-refractivity contribution in [1.82, 2.24) is 14.3 Å². The molecule has 2 rings (SSSR count). The molecule has 0 fully saturated rings. The fourth-order valence-electron chi connectivity index (χ4n) is 1.47. The van der Waals surface area contributed by atoms with Crippen molar-refractivity contribution in [2.45, 2.75) is 0 Å². The van der Waals surface area contributed by atoms with Crippen LogP contribution in [-0.4, -0.2) is 14.3 Å². The Labute approximate surface area is 102 Å². The minimum absolute atomic E-state index is 0.535.